The van der Waals surface area contributed by atoms with Crippen LogP contribution in [0.2, 0.25) is 0 Å². The normalized spacial score (nSPS) is 9.77. The molecule has 1 aromatic heterocycles. The van der Waals surface area contributed by atoms with Crippen molar-refractivity contribution in [1.29, 1.82) is 0 Å². The number of aliphatic imine (C=N–C) groups is 1. The van der Waals surface area contributed by atoms with Crippen molar-refractivity contribution < 1.29 is 4.79 Å². The van der Waals surface area contributed by atoms with Crippen molar-refractivity contribution in [3.63, 3.8) is 0 Å². The fraction of sp³-hybridized carbons (Fsp3) is 0.556. The maximum Gasteiger partial charge on any atom is 0.235 e. The SMILES string of the molecule is Cc1nn(CCN=C=O)c(C)c1C. The van der Waals surface area contributed by atoms with Crippen LogP contribution in [0.15, 0.2) is 4.99 Å². The van der Waals surface area contributed by atoms with Crippen LogP contribution in [0.4, 0.5) is 0 Å². The van der Waals surface area contributed by atoms with Crippen molar-refractivity contribution in [2.75, 3.05) is 6.54 Å². The summed E-state index contributed by atoms with van der Waals surface area (Å²) in [5.74, 6) is 0. The molecule has 0 aliphatic heterocycles. The molecule has 0 aliphatic carbocycles. The molecule has 0 aromatic carbocycles. The van der Waals surface area contributed by atoms with Gasteiger partial charge in [0.1, 0.15) is 0 Å². The van der Waals surface area contributed by atoms with Gasteiger partial charge in [0, 0.05) is 5.69 Å². The van der Waals surface area contributed by atoms with E-state index < -0.39 is 0 Å². The van der Waals surface area contributed by atoms with Gasteiger partial charge >= 0.3 is 0 Å². The second kappa shape index (κ2) is 4.01. The van der Waals surface area contributed by atoms with Crippen LogP contribution in [0.1, 0.15) is 17.0 Å². The first-order valence-electron chi connectivity index (χ1n) is 4.21. The highest BCUT2D eigenvalue weighted by Crippen LogP contribution is 2.10. The standard InChI is InChI=1S/C9H13N3O/c1-7-8(2)11-12(9(7)3)5-4-10-6-13/h4-5H2,1-3H3. The smallest absolute Gasteiger partial charge is 0.235 e. The molecule has 1 heterocycles. The molecule has 0 fully saturated rings. The highest BCUT2D eigenvalue weighted by Gasteiger charge is 2.05. The van der Waals surface area contributed by atoms with Crippen LogP contribution < -0.4 is 0 Å². The number of carbonyl (C=O) groups excluding carboxylic acids is 1. The summed E-state index contributed by atoms with van der Waals surface area (Å²) < 4.78 is 1.87. The summed E-state index contributed by atoms with van der Waals surface area (Å²) in [5.41, 5.74) is 3.38. The van der Waals surface area contributed by atoms with Crippen LogP contribution in [-0.4, -0.2) is 22.4 Å². The predicted octanol–water partition coefficient (Wildman–Crippen LogP) is 1.14. The van der Waals surface area contributed by atoms with Gasteiger partial charge in [-0.05, 0) is 26.3 Å². The van der Waals surface area contributed by atoms with Crippen molar-refractivity contribution >= 4 is 6.08 Å². The van der Waals surface area contributed by atoms with Gasteiger partial charge in [-0.15, -0.1) is 0 Å². The molecular weight excluding hydrogens is 166 g/mol. The lowest BCUT2D eigenvalue weighted by Crippen LogP contribution is -2.05. The minimum atomic E-state index is 0.449. The molecular formula is C9H13N3O. The summed E-state index contributed by atoms with van der Waals surface area (Å²) in [6.07, 6.45) is 1.51. The number of nitrogens with zero attached hydrogens (tertiary/aromatic N) is 3. The quantitative estimate of drug-likeness (QED) is 0.516. The third-order valence-electron chi connectivity index (χ3n) is 2.23. The summed E-state index contributed by atoms with van der Waals surface area (Å²) in [6.45, 7) is 7.12. The molecule has 0 saturated heterocycles. The molecule has 13 heavy (non-hydrogen) atoms. The van der Waals surface area contributed by atoms with E-state index in [2.05, 4.69) is 10.1 Å². The molecule has 0 spiro atoms. The van der Waals surface area contributed by atoms with E-state index in [0.29, 0.717) is 13.1 Å². The van der Waals surface area contributed by atoms with Gasteiger partial charge < -0.3 is 0 Å². The van der Waals surface area contributed by atoms with Gasteiger partial charge in [0.25, 0.3) is 0 Å². The third kappa shape index (κ3) is 2.04. The molecule has 0 unspecified atom stereocenters. The monoisotopic (exact) mass is 179 g/mol. The van der Waals surface area contributed by atoms with Gasteiger partial charge in [-0.2, -0.15) is 5.10 Å². The van der Waals surface area contributed by atoms with E-state index in [4.69, 9.17) is 0 Å². The number of aromatic nitrogens is 2. The molecule has 0 bridgehead atoms. The molecule has 4 heteroatoms. The fourth-order valence-electron chi connectivity index (χ4n) is 1.19. The summed E-state index contributed by atoms with van der Waals surface area (Å²) in [4.78, 5) is 13.3. The Hall–Kier alpha value is -1.41. The summed E-state index contributed by atoms with van der Waals surface area (Å²) in [5, 5.41) is 4.31. The zero-order valence-electron chi connectivity index (χ0n) is 8.16. The number of hydrogen-bond donors (Lipinski definition) is 0. The number of aryl methyl sites for hydroxylation is 1. The number of rotatable bonds is 3. The van der Waals surface area contributed by atoms with Crippen LogP contribution in [0, 0.1) is 20.8 Å². The van der Waals surface area contributed by atoms with Crippen LogP contribution in [-0.2, 0) is 11.3 Å². The van der Waals surface area contributed by atoms with Crippen molar-refractivity contribution in [2.24, 2.45) is 4.99 Å². The van der Waals surface area contributed by atoms with Crippen LogP contribution in [0.25, 0.3) is 0 Å². The molecule has 70 valence electrons. The average Bonchev–Trinajstić information content (AvgIpc) is 2.34. The van der Waals surface area contributed by atoms with E-state index in [1.165, 1.54) is 11.6 Å². The van der Waals surface area contributed by atoms with Gasteiger partial charge in [-0.25, -0.2) is 9.79 Å². The summed E-state index contributed by atoms with van der Waals surface area (Å²) in [6, 6.07) is 0. The Morgan fingerprint density at radius 2 is 2.15 bits per heavy atom. The molecule has 0 N–H and O–H groups in total. The van der Waals surface area contributed by atoms with Crippen molar-refractivity contribution in [1.82, 2.24) is 9.78 Å². The largest absolute Gasteiger partial charge is 0.267 e. The minimum Gasteiger partial charge on any atom is -0.267 e. The average molecular weight is 179 g/mol. The predicted molar refractivity (Wildman–Crippen MR) is 49.4 cm³/mol. The lowest BCUT2D eigenvalue weighted by molar-refractivity contribution is 0.556. The second-order valence-electron chi connectivity index (χ2n) is 2.99. The maximum absolute atomic E-state index is 9.83. The Morgan fingerprint density at radius 1 is 1.46 bits per heavy atom. The Labute approximate surface area is 77.3 Å². The Kier molecular flexibility index (Phi) is 2.98. The molecule has 0 aliphatic rings. The Balaban J connectivity index is 2.77. The minimum absolute atomic E-state index is 0.449. The zero-order valence-corrected chi connectivity index (χ0v) is 8.16. The molecule has 0 radical (unpaired) electrons. The number of isocyanates is 1. The summed E-state index contributed by atoms with van der Waals surface area (Å²) in [7, 11) is 0. The first-order valence-corrected chi connectivity index (χ1v) is 4.21. The Bertz CT molecular complexity index is 348. The first-order chi connectivity index (χ1) is 6.16. The van der Waals surface area contributed by atoms with E-state index >= 15 is 0 Å². The van der Waals surface area contributed by atoms with Crippen LogP contribution in [0.5, 0.6) is 0 Å². The van der Waals surface area contributed by atoms with E-state index in [1.807, 2.05) is 25.5 Å². The van der Waals surface area contributed by atoms with Gasteiger partial charge in [-0.1, -0.05) is 0 Å². The highest BCUT2D eigenvalue weighted by molar-refractivity contribution is 5.32. The van der Waals surface area contributed by atoms with Crippen molar-refractivity contribution in [3.05, 3.63) is 17.0 Å². The van der Waals surface area contributed by atoms with E-state index in [1.54, 1.807) is 0 Å². The van der Waals surface area contributed by atoms with Gasteiger partial charge in [0.15, 0.2) is 0 Å². The molecule has 1 aromatic rings. The van der Waals surface area contributed by atoms with Gasteiger partial charge in [0.05, 0.1) is 18.8 Å². The van der Waals surface area contributed by atoms with Gasteiger partial charge in [-0.3, -0.25) is 4.68 Å². The molecule has 0 atom stereocenters. The van der Waals surface area contributed by atoms with E-state index in [0.717, 1.165) is 11.4 Å². The fourth-order valence-corrected chi connectivity index (χ4v) is 1.19. The Morgan fingerprint density at radius 3 is 2.62 bits per heavy atom. The summed E-state index contributed by atoms with van der Waals surface area (Å²) >= 11 is 0. The lowest BCUT2D eigenvalue weighted by Gasteiger charge is -1.99. The second-order valence-corrected chi connectivity index (χ2v) is 2.99. The van der Waals surface area contributed by atoms with Crippen molar-refractivity contribution in [2.45, 2.75) is 27.3 Å². The first kappa shape index (κ1) is 9.68. The lowest BCUT2D eigenvalue weighted by atomic mass is 10.2. The highest BCUT2D eigenvalue weighted by atomic mass is 16.1. The number of hydrogen-bond acceptors (Lipinski definition) is 3. The van der Waals surface area contributed by atoms with E-state index in [9.17, 15) is 4.79 Å². The van der Waals surface area contributed by atoms with Crippen LogP contribution in [0.3, 0.4) is 0 Å². The van der Waals surface area contributed by atoms with Gasteiger partial charge in [0.2, 0.25) is 6.08 Å². The van der Waals surface area contributed by atoms with E-state index in [-0.39, 0.29) is 0 Å². The molecule has 0 amide bonds. The molecule has 0 saturated carbocycles. The maximum atomic E-state index is 9.83. The molecule has 4 nitrogen and oxygen atoms in total. The third-order valence-corrected chi connectivity index (χ3v) is 2.23. The van der Waals surface area contributed by atoms with Crippen molar-refractivity contribution in [3.8, 4) is 0 Å². The van der Waals surface area contributed by atoms with Crippen LogP contribution >= 0.6 is 0 Å². The zero-order chi connectivity index (χ0) is 9.84. The molecule has 1 rings (SSSR count). The topological polar surface area (TPSA) is 47.2 Å².